The molecule has 2 unspecified atom stereocenters. The van der Waals surface area contributed by atoms with E-state index in [1.807, 2.05) is 24.3 Å². The summed E-state index contributed by atoms with van der Waals surface area (Å²) in [4.78, 5) is 14.8. The normalized spacial score (nSPS) is 26.2. The van der Waals surface area contributed by atoms with Crippen LogP contribution >= 0.6 is 0 Å². The summed E-state index contributed by atoms with van der Waals surface area (Å²) in [6.07, 6.45) is -3.36. The molecule has 0 radical (unpaired) electrons. The number of aliphatic hydroxyl groups is 1. The summed E-state index contributed by atoms with van der Waals surface area (Å²) >= 11 is 0. The first-order valence-electron chi connectivity index (χ1n) is 11.7. The van der Waals surface area contributed by atoms with Crippen molar-refractivity contribution in [2.24, 2.45) is 0 Å². The van der Waals surface area contributed by atoms with Gasteiger partial charge >= 0.3 is 12.3 Å². The fourth-order valence-electron chi connectivity index (χ4n) is 6.11. The van der Waals surface area contributed by atoms with Gasteiger partial charge in [-0.2, -0.15) is 13.2 Å². The number of nitrogens with zero attached hydrogens (tertiary/aromatic N) is 1. The van der Waals surface area contributed by atoms with E-state index in [1.54, 1.807) is 4.90 Å². The molecule has 0 spiro atoms. The van der Waals surface area contributed by atoms with Crippen LogP contribution in [0.1, 0.15) is 62.0 Å². The lowest BCUT2D eigenvalue weighted by Crippen LogP contribution is -2.53. The molecule has 1 amide bonds. The first-order chi connectivity index (χ1) is 15.7. The molecule has 2 bridgehead atoms. The zero-order chi connectivity index (χ0) is 23.2. The molecule has 2 aliphatic heterocycles. The Balaban J connectivity index is 1.23. The van der Waals surface area contributed by atoms with E-state index in [4.69, 9.17) is 4.74 Å². The number of rotatable bonds is 5. The summed E-state index contributed by atoms with van der Waals surface area (Å²) in [6.45, 7) is 0.235. The lowest BCUT2D eigenvalue weighted by molar-refractivity contribution is -0.139. The van der Waals surface area contributed by atoms with Crippen LogP contribution in [0.15, 0.2) is 48.5 Å². The van der Waals surface area contributed by atoms with E-state index in [1.165, 1.54) is 0 Å². The molecular formula is C26H28F3NO3. The molecule has 1 N–H and O–H groups in total. The fraction of sp³-hybridized carbons (Fsp3) is 0.500. The SMILES string of the molecule is O=C(OCC1c2ccccc2-c2ccccc21)N1C2CCC1CC(O)(CCCC(F)(F)F)C2. The van der Waals surface area contributed by atoms with Crippen LogP contribution in [0, 0.1) is 0 Å². The van der Waals surface area contributed by atoms with E-state index < -0.39 is 18.2 Å². The van der Waals surface area contributed by atoms with Gasteiger partial charge in [0.2, 0.25) is 0 Å². The van der Waals surface area contributed by atoms with Crippen LogP contribution in [0.2, 0.25) is 0 Å². The Bertz CT molecular complexity index is 978. The van der Waals surface area contributed by atoms with Gasteiger partial charge < -0.3 is 14.7 Å². The quantitative estimate of drug-likeness (QED) is 0.594. The zero-order valence-corrected chi connectivity index (χ0v) is 18.4. The van der Waals surface area contributed by atoms with E-state index in [0.717, 1.165) is 35.1 Å². The van der Waals surface area contributed by atoms with Gasteiger partial charge in [-0.25, -0.2) is 4.79 Å². The molecule has 0 aromatic heterocycles. The minimum Gasteiger partial charge on any atom is -0.448 e. The van der Waals surface area contributed by atoms with Crippen LogP contribution < -0.4 is 0 Å². The summed E-state index contributed by atoms with van der Waals surface area (Å²) in [5.41, 5.74) is 3.48. The summed E-state index contributed by atoms with van der Waals surface area (Å²) in [6, 6.07) is 15.9. The molecule has 4 nitrogen and oxygen atoms in total. The van der Waals surface area contributed by atoms with Crippen LogP contribution in [-0.2, 0) is 4.74 Å². The van der Waals surface area contributed by atoms with Gasteiger partial charge in [-0.05, 0) is 60.8 Å². The van der Waals surface area contributed by atoms with Crippen molar-refractivity contribution >= 4 is 6.09 Å². The second kappa shape index (κ2) is 8.35. The number of amides is 1. The fourth-order valence-corrected chi connectivity index (χ4v) is 6.11. The van der Waals surface area contributed by atoms with Crippen molar-refractivity contribution in [3.8, 4) is 11.1 Å². The van der Waals surface area contributed by atoms with Crippen LogP contribution in [0.3, 0.4) is 0 Å². The maximum Gasteiger partial charge on any atom is 0.410 e. The number of ether oxygens (including phenoxy) is 1. The van der Waals surface area contributed by atoms with Crippen LogP contribution in [-0.4, -0.2) is 46.6 Å². The van der Waals surface area contributed by atoms with Gasteiger partial charge in [0, 0.05) is 24.4 Å². The number of benzene rings is 2. The Morgan fingerprint density at radius 1 is 1.00 bits per heavy atom. The molecule has 5 rings (SSSR count). The molecule has 2 saturated heterocycles. The van der Waals surface area contributed by atoms with Gasteiger partial charge in [0.25, 0.3) is 0 Å². The van der Waals surface area contributed by atoms with Crippen molar-refractivity contribution in [1.29, 1.82) is 0 Å². The number of carbonyl (C=O) groups excluding carboxylic acids is 1. The van der Waals surface area contributed by atoms with E-state index in [0.29, 0.717) is 12.8 Å². The van der Waals surface area contributed by atoms with Gasteiger partial charge in [-0.3, -0.25) is 0 Å². The van der Waals surface area contributed by atoms with E-state index in [2.05, 4.69) is 24.3 Å². The number of hydrogen-bond acceptors (Lipinski definition) is 3. The molecule has 176 valence electrons. The molecule has 33 heavy (non-hydrogen) atoms. The minimum absolute atomic E-state index is 0.0249. The molecule has 7 heteroatoms. The number of hydrogen-bond donors (Lipinski definition) is 1. The maximum atomic E-state index is 13.1. The first kappa shape index (κ1) is 22.3. The highest BCUT2D eigenvalue weighted by atomic mass is 19.4. The van der Waals surface area contributed by atoms with Crippen molar-refractivity contribution in [2.45, 2.75) is 74.7 Å². The lowest BCUT2D eigenvalue weighted by atomic mass is 9.82. The Morgan fingerprint density at radius 3 is 2.09 bits per heavy atom. The highest BCUT2D eigenvalue weighted by Crippen LogP contribution is 2.46. The van der Waals surface area contributed by atoms with Gasteiger partial charge in [0.15, 0.2) is 0 Å². The Hall–Kier alpha value is -2.54. The predicted molar refractivity (Wildman–Crippen MR) is 118 cm³/mol. The monoisotopic (exact) mass is 459 g/mol. The van der Waals surface area contributed by atoms with Crippen LogP contribution in [0.5, 0.6) is 0 Å². The van der Waals surface area contributed by atoms with Crippen LogP contribution in [0.25, 0.3) is 11.1 Å². The van der Waals surface area contributed by atoms with E-state index in [-0.39, 0.29) is 43.5 Å². The number of fused-ring (bicyclic) bond motifs is 5. The molecule has 2 aromatic carbocycles. The molecule has 2 fully saturated rings. The molecular weight excluding hydrogens is 431 g/mol. The van der Waals surface area contributed by atoms with Gasteiger partial charge in [0.1, 0.15) is 6.61 Å². The zero-order valence-electron chi connectivity index (χ0n) is 18.4. The number of piperidine rings is 1. The number of halogens is 3. The second-order valence-electron chi connectivity index (χ2n) is 9.70. The third-order valence-corrected chi connectivity index (χ3v) is 7.50. The highest BCUT2D eigenvalue weighted by molar-refractivity contribution is 5.79. The van der Waals surface area contributed by atoms with Crippen molar-refractivity contribution in [3.05, 3.63) is 59.7 Å². The molecule has 2 aromatic rings. The summed E-state index contributed by atoms with van der Waals surface area (Å²) < 4.78 is 43.4. The minimum atomic E-state index is -4.21. The molecule has 0 saturated carbocycles. The third-order valence-electron chi connectivity index (χ3n) is 7.50. The van der Waals surface area contributed by atoms with Crippen molar-refractivity contribution in [2.75, 3.05) is 6.61 Å². The number of carbonyl (C=O) groups is 1. The summed E-state index contributed by atoms with van der Waals surface area (Å²) in [7, 11) is 0. The van der Waals surface area contributed by atoms with Crippen molar-refractivity contribution < 1.29 is 27.8 Å². The Morgan fingerprint density at radius 2 is 1.55 bits per heavy atom. The molecule has 2 atom stereocenters. The van der Waals surface area contributed by atoms with Crippen molar-refractivity contribution in [3.63, 3.8) is 0 Å². The first-order valence-corrected chi connectivity index (χ1v) is 11.7. The molecule has 2 heterocycles. The van der Waals surface area contributed by atoms with E-state index in [9.17, 15) is 23.1 Å². The van der Waals surface area contributed by atoms with Gasteiger partial charge in [-0.15, -0.1) is 0 Å². The second-order valence-corrected chi connectivity index (χ2v) is 9.70. The maximum absolute atomic E-state index is 13.1. The van der Waals surface area contributed by atoms with Crippen molar-refractivity contribution in [1.82, 2.24) is 4.90 Å². The molecule has 3 aliphatic rings. The highest BCUT2D eigenvalue weighted by Gasteiger charge is 2.50. The van der Waals surface area contributed by atoms with Gasteiger partial charge in [-0.1, -0.05) is 48.5 Å². The largest absolute Gasteiger partial charge is 0.448 e. The molecule has 1 aliphatic carbocycles. The van der Waals surface area contributed by atoms with Gasteiger partial charge in [0.05, 0.1) is 5.60 Å². The van der Waals surface area contributed by atoms with E-state index >= 15 is 0 Å². The Kier molecular flexibility index (Phi) is 5.63. The average molecular weight is 460 g/mol. The van der Waals surface area contributed by atoms with Crippen LogP contribution in [0.4, 0.5) is 18.0 Å². The predicted octanol–water partition coefficient (Wildman–Crippen LogP) is 6.03. The smallest absolute Gasteiger partial charge is 0.410 e. The lowest BCUT2D eigenvalue weighted by Gasteiger charge is -2.43. The number of alkyl halides is 3. The standard InChI is InChI=1S/C26H28F3NO3/c27-26(28,29)13-5-12-25(32)14-17-10-11-18(15-25)30(17)24(31)33-16-23-21-8-3-1-6-19(21)20-7-2-4-9-22(20)23/h1-4,6-9,17-18,23,32H,5,10-16H2. The Labute approximate surface area is 191 Å². The summed E-state index contributed by atoms with van der Waals surface area (Å²) in [5.74, 6) is -0.0249. The topological polar surface area (TPSA) is 49.8 Å². The average Bonchev–Trinajstić information content (AvgIpc) is 3.24. The third kappa shape index (κ3) is 4.35. The summed E-state index contributed by atoms with van der Waals surface area (Å²) in [5, 5.41) is 10.9.